The Morgan fingerprint density at radius 2 is 2.19 bits per heavy atom. The summed E-state index contributed by atoms with van der Waals surface area (Å²) in [7, 11) is 0. The van der Waals surface area contributed by atoms with E-state index in [0.29, 0.717) is 5.92 Å². The predicted octanol–water partition coefficient (Wildman–Crippen LogP) is 2.33. The minimum atomic E-state index is -0.544. The van der Waals surface area contributed by atoms with Crippen molar-refractivity contribution in [3.05, 3.63) is 29.3 Å². The number of nitrogens with one attached hydrogen (secondary N) is 1. The largest absolute Gasteiger partial charge is 0.324 e. The Morgan fingerprint density at radius 3 is 2.88 bits per heavy atom. The highest BCUT2D eigenvalue weighted by molar-refractivity contribution is 6.21. The average molecular weight is 237 g/mol. The van der Waals surface area contributed by atoms with E-state index in [1.165, 1.54) is 12.8 Å². The number of hydrogen-bond donors (Lipinski definition) is 2. The number of nitrogens with two attached hydrogens (primary N) is 1. The normalized spacial score (nSPS) is 25.1. The van der Waals surface area contributed by atoms with Gasteiger partial charge in [0.2, 0.25) is 5.91 Å². The number of amides is 1. The van der Waals surface area contributed by atoms with Crippen LogP contribution in [0.25, 0.3) is 0 Å². The van der Waals surface area contributed by atoms with Crippen LogP contribution in [-0.2, 0) is 4.79 Å². The van der Waals surface area contributed by atoms with Gasteiger partial charge in [0.15, 0.2) is 0 Å². The second kappa shape index (κ2) is 3.47. The van der Waals surface area contributed by atoms with E-state index in [4.69, 9.17) is 17.3 Å². The van der Waals surface area contributed by atoms with E-state index in [9.17, 15) is 4.79 Å². The Balaban J connectivity index is 1.96. The summed E-state index contributed by atoms with van der Waals surface area (Å²) < 4.78 is 0. The Labute approximate surface area is 99.0 Å². The van der Waals surface area contributed by atoms with Crippen molar-refractivity contribution in [1.82, 2.24) is 0 Å². The highest BCUT2D eigenvalue weighted by Crippen LogP contribution is 2.46. The molecule has 16 heavy (non-hydrogen) atoms. The number of anilines is 1. The van der Waals surface area contributed by atoms with Crippen LogP contribution in [-0.4, -0.2) is 5.91 Å². The van der Waals surface area contributed by atoms with Crippen LogP contribution in [0.2, 0.25) is 0 Å². The van der Waals surface area contributed by atoms with Gasteiger partial charge < -0.3 is 11.1 Å². The number of carbonyl (C=O) groups is 1. The topological polar surface area (TPSA) is 55.1 Å². The van der Waals surface area contributed by atoms with Crippen molar-refractivity contribution in [3.8, 4) is 0 Å². The van der Waals surface area contributed by atoms with Gasteiger partial charge in [-0.1, -0.05) is 12.1 Å². The Kier molecular flexibility index (Phi) is 2.19. The standard InChI is InChI=1S/C12H13ClN2O/c13-10(6-1-2-6)7-3-4-9-8(5-7)11(14)12(16)15-9/h3-6,10-11H,1-2,14H2,(H,15,16)/t10-,11+/m1/s1. The summed E-state index contributed by atoms with van der Waals surface area (Å²) in [5.74, 6) is 0.464. The number of alkyl halides is 1. The first-order chi connectivity index (χ1) is 7.66. The molecule has 2 aliphatic rings. The third kappa shape index (κ3) is 1.51. The van der Waals surface area contributed by atoms with Gasteiger partial charge in [-0.25, -0.2) is 0 Å². The molecule has 0 unspecified atom stereocenters. The summed E-state index contributed by atoms with van der Waals surface area (Å²) in [6, 6.07) is 5.30. The van der Waals surface area contributed by atoms with Crippen LogP contribution in [0.1, 0.15) is 35.4 Å². The van der Waals surface area contributed by atoms with Gasteiger partial charge in [-0.2, -0.15) is 0 Å². The molecule has 1 fully saturated rings. The predicted molar refractivity (Wildman–Crippen MR) is 63.3 cm³/mol. The molecule has 1 aromatic carbocycles. The van der Waals surface area contributed by atoms with Crippen molar-refractivity contribution in [2.45, 2.75) is 24.3 Å². The maximum atomic E-state index is 11.4. The first kappa shape index (κ1) is 10.1. The zero-order valence-electron chi connectivity index (χ0n) is 8.74. The monoisotopic (exact) mass is 236 g/mol. The summed E-state index contributed by atoms with van der Waals surface area (Å²) in [6.07, 6.45) is 2.41. The number of rotatable bonds is 2. The second-order valence-corrected chi connectivity index (χ2v) is 5.02. The van der Waals surface area contributed by atoms with Gasteiger partial charge in [0.05, 0.1) is 5.38 Å². The maximum absolute atomic E-state index is 11.4. The van der Waals surface area contributed by atoms with Gasteiger partial charge >= 0.3 is 0 Å². The third-order valence-corrected chi connectivity index (χ3v) is 3.91. The Hall–Kier alpha value is -1.06. The molecule has 1 saturated carbocycles. The fraction of sp³-hybridized carbons (Fsp3) is 0.417. The van der Waals surface area contributed by atoms with E-state index in [1.807, 2.05) is 18.2 Å². The van der Waals surface area contributed by atoms with Gasteiger partial charge in [0, 0.05) is 11.3 Å². The Bertz CT molecular complexity index is 456. The van der Waals surface area contributed by atoms with E-state index in [0.717, 1.165) is 16.8 Å². The summed E-state index contributed by atoms with van der Waals surface area (Å²) in [5, 5.41) is 2.81. The molecule has 84 valence electrons. The van der Waals surface area contributed by atoms with Gasteiger partial charge in [-0.05, 0) is 30.4 Å². The molecular formula is C12H13ClN2O. The number of carbonyl (C=O) groups excluding carboxylic acids is 1. The van der Waals surface area contributed by atoms with E-state index >= 15 is 0 Å². The lowest BCUT2D eigenvalue weighted by Gasteiger charge is -2.10. The smallest absolute Gasteiger partial charge is 0.245 e. The molecule has 3 N–H and O–H groups in total. The fourth-order valence-electron chi connectivity index (χ4n) is 2.14. The molecule has 1 heterocycles. The molecular weight excluding hydrogens is 224 g/mol. The average Bonchev–Trinajstić information content (AvgIpc) is 3.07. The number of benzene rings is 1. The first-order valence-electron chi connectivity index (χ1n) is 5.51. The van der Waals surface area contributed by atoms with Crippen molar-refractivity contribution >= 4 is 23.2 Å². The highest BCUT2D eigenvalue weighted by atomic mass is 35.5. The summed E-state index contributed by atoms with van der Waals surface area (Å²) in [5.41, 5.74) is 8.56. The molecule has 2 atom stereocenters. The molecule has 0 bridgehead atoms. The minimum Gasteiger partial charge on any atom is -0.324 e. The van der Waals surface area contributed by atoms with Crippen molar-refractivity contribution in [2.75, 3.05) is 5.32 Å². The van der Waals surface area contributed by atoms with Crippen LogP contribution in [0.3, 0.4) is 0 Å². The van der Waals surface area contributed by atoms with Crippen LogP contribution < -0.4 is 11.1 Å². The fourth-order valence-corrected chi connectivity index (χ4v) is 2.52. The minimum absolute atomic E-state index is 0.0632. The quantitative estimate of drug-likeness (QED) is 0.775. The molecule has 3 rings (SSSR count). The van der Waals surface area contributed by atoms with Crippen molar-refractivity contribution in [3.63, 3.8) is 0 Å². The van der Waals surface area contributed by atoms with Crippen molar-refractivity contribution in [1.29, 1.82) is 0 Å². The molecule has 1 aliphatic carbocycles. The lowest BCUT2D eigenvalue weighted by Crippen LogP contribution is -2.19. The summed E-state index contributed by atoms with van der Waals surface area (Å²) in [6.45, 7) is 0. The molecule has 3 nitrogen and oxygen atoms in total. The summed E-state index contributed by atoms with van der Waals surface area (Å²) >= 11 is 6.34. The van der Waals surface area contributed by atoms with Crippen LogP contribution in [0, 0.1) is 5.92 Å². The number of hydrogen-bond acceptors (Lipinski definition) is 2. The van der Waals surface area contributed by atoms with Crippen LogP contribution in [0.5, 0.6) is 0 Å². The lowest BCUT2D eigenvalue weighted by atomic mass is 10.0. The molecule has 0 aromatic heterocycles. The lowest BCUT2D eigenvalue weighted by molar-refractivity contribution is -0.116. The van der Waals surface area contributed by atoms with Gasteiger partial charge in [0.25, 0.3) is 0 Å². The number of halogens is 1. The van der Waals surface area contributed by atoms with Crippen molar-refractivity contribution < 1.29 is 4.79 Å². The van der Waals surface area contributed by atoms with Crippen LogP contribution >= 0.6 is 11.6 Å². The molecule has 0 spiro atoms. The third-order valence-electron chi connectivity index (χ3n) is 3.31. The zero-order chi connectivity index (χ0) is 11.3. The van der Waals surface area contributed by atoms with E-state index in [-0.39, 0.29) is 11.3 Å². The number of fused-ring (bicyclic) bond motifs is 1. The molecule has 1 aliphatic heterocycles. The molecule has 1 amide bonds. The van der Waals surface area contributed by atoms with Gasteiger partial charge in [-0.3, -0.25) is 4.79 Å². The van der Waals surface area contributed by atoms with Crippen molar-refractivity contribution in [2.24, 2.45) is 11.7 Å². The van der Waals surface area contributed by atoms with Crippen LogP contribution in [0.15, 0.2) is 18.2 Å². The second-order valence-electron chi connectivity index (χ2n) is 4.55. The molecule has 1 aromatic rings. The van der Waals surface area contributed by atoms with Gasteiger partial charge in [0.1, 0.15) is 6.04 Å². The van der Waals surface area contributed by atoms with E-state index in [2.05, 4.69) is 5.32 Å². The zero-order valence-corrected chi connectivity index (χ0v) is 9.50. The highest BCUT2D eigenvalue weighted by Gasteiger charge is 2.33. The molecule has 4 heteroatoms. The first-order valence-corrected chi connectivity index (χ1v) is 5.95. The Morgan fingerprint density at radius 1 is 1.44 bits per heavy atom. The van der Waals surface area contributed by atoms with Gasteiger partial charge in [-0.15, -0.1) is 11.6 Å². The summed E-state index contributed by atoms with van der Waals surface area (Å²) in [4.78, 5) is 11.4. The van der Waals surface area contributed by atoms with E-state index < -0.39 is 6.04 Å². The van der Waals surface area contributed by atoms with Crippen LogP contribution in [0.4, 0.5) is 5.69 Å². The maximum Gasteiger partial charge on any atom is 0.245 e. The molecule has 0 radical (unpaired) electrons. The SMILES string of the molecule is N[C@@H]1C(=O)Nc2ccc([C@H](Cl)C3CC3)cc21. The van der Waals surface area contributed by atoms with E-state index in [1.54, 1.807) is 0 Å². The molecule has 0 saturated heterocycles.